The van der Waals surface area contributed by atoms with Crippen molar-refractivity contribution in [2.75, 3.05) is 0 Å². The molecule has 0 aromatic rings. The molecule has 1 aliphatic carbocycles. The van der Waals surface area contributed by atoms with Crippen LogP contribution in [-0.2, 0) is 9.59 Å². The van der Waals surface area contributed by atoms with E-state index in [1.54, 1.807) is 12.2 Å². The summed E-state index contributed by atoms with van der Waals surface area (Å²) in [6.07, 6.45) is 9.91. The number of halogens is 1. The maximum Gasteiger partial charge on any atom is 0.303 e. The number of aliphatic hydroxyl groups is 1. The van der Waals surface area contributed by atoms with Crippen LogP contribution < -0.4 is 0 Å². The lowest BCUT2D eigenvalue weighted by Crippen LogP contribution is -2.28. The molecule has 154 valence electrons. The highest BCUT2D eigenvalue weighted by atomic mass is 19.1. The van der Waals surface area contributed by atoms with Crippen molar-refractivity contribution >= 4 is 11.8 Å². The fraction of sp³-hybridized carbons (Fsp3) is 0.727. The largest absolute Gasteiger partial charge is 0.481 e. The van der Waals surface area contributed by atoms with Crippen molar-refractivity contribution in [1.82, 2.24) is 0 Å². The summed E-state index contributed by atoms with van der Waals surface area (Å²) in [4.78, 5) is 22.7. The predicted octanol–water partition coefficient (Wildman–Crippen LogP) is 4.86. The molecule has 1 fully saturated rings. The highest BCUT2D eigenvalue weighted by Crippen LogP contribution is 2.36. The van der Waals surface area contributed by atoms with E-state index < -0.39 is 30.1 Å². The lowest BCUT2D eigenvalue weighted by Gasteiger charge is -2.29. The maximum atomic E-state index is 14.3. The van der Waals surface area contributed by atoms with Crippen LogP contribution in [0.2, 0.25) is 0 Å². The van der Waals surface area contributed by atoms with Gasteiger partial charge in [-0.2, -0.15) is 0 Å². The predicted molar refractivity (Wildman–Crippen MR) is 105 cm³/mol. The SMILES string of the molecule is CCCCC(C)(C)[C@H](O)C=C[C@H]1C(=O)C[C@H](F)[C@@H]1CC=CCCCC(=O)O. The van der Waals surface area contributed by atoms with Crippen LogP contribution >= 0.6 is 0 Å². The van der Waals surface area contributed by atoms with Crippen molar-refractivity contribution < 1.29 is 24.2 Å². The molecule has 0 aliphatic heterocycles. The summed E-state index contributed by atoms with van der Waals surface area (Å²) in [5.41, 5.74) is -0.275. The van der Waals surface area contributed by atoms with Gasteiger partial charge in [0.15, 0.2) is 0 Å². The number of carbonyl (C=O) groups is 2. The smallest absolute Gasteiger partial charge is 0.303 e. The van der Waals surface area contributed by atoms with Gasteiger partial charge in [0.2, 0.25) is 0 Å². The molecule has 2 N–H and O–H groups in total. The van der Waals surface area contributed by atoms with Gasteiger partial charge in [0, 0.05) is 24.7 Å². The van der Waals surface area contributed by atoms with E-state index in [0.717, 1.165) is 19.3 Å². The number of hydrogen-bond donors (Lipinski definition) is 2. The lowest BCUT2D eigenvalue weighted by molar-refractivity contribution is -0.137. The molecule has 5 heteroatoms. The van der Waals surface area contributed by atoms with Crippen LogP contribution in [0.25, 0.3) is 0 Å². The van der Waals surface area contributed by atoms with Gasteiger partial charge in [-0.05, 0) is 31.1 Å². The first-order valence-electron chi connectivity index (χ1n) is 10.1. The van der Waals surface area contributed by atoms with Gasteiger partial charge in [0.05, 0.1) is 6.10 Å². The minimum Gasteiger partial charge on any atom is -0.481 e. The van der Waals surface area contributed by atoms with Gasteiger partial charge in [0.1, 0.15) is 12.0 Å². The molecule has 4 atom stereocenters. The second-order valence-electron chi connectivity index (χ2n) is 8.29. The van der Waals surface area contributed by atoms with Crippen LogP contribution in [0.1, 0.15) is 72.1 Å². The quantitative estimate of drug-likeness (QED) is 0.373. The molecule has 1 aliphatic rings. The van der Waals surface area contributed by atoms with E-state index in [9.17, 15) is 19.1 Å². The summed E-state index contributed by atoms with van der Waals surface area (Å²) < 4.78 is 14.3. The van der Waals surface area contributed by atoms with Crippen LogP contribution in [-0.4, -0.2) is 34.2 Å². The highest BCUT2D eigenvalue weighted by molar-refractivity contribution is 5.86. The van der Waals surface area contributed by atoms with Gasteiger partial charge in [-0.25, -0.2) is 4.39 Å². The van der Waals surface area contributed by atoms with Gasteiger partial charge < -0.3 is 10.2 Å². The first kappa shape index (κ1) is 23.5. The first-order valence-corrected chi connectivity index (χ1v) is 10.1. The number of unbranched alkanes of at least 4 members (excludes halogenated alkanes) is 2. The van der Waals surface area contributed by atoms with Crippen molar-refractivity contribution in [3.63, 3.8) is 0 Å². The van der Waals surface area contributed by atoms with Gasteiger partial charge >= 0.3 is 5.97 Å². The Morgan fingerprint density at radius 3 is 2.67 bits per heavy atom. The fourth-order valence-electron chi connectivity index (χ4n) is 3.50. The van der Waals surface area contributed by atoms with E-state index in [-0.39, 0.29) is 24.0 Å². The van der Waals surface area contributed by atoms with E-state index >= 15 is 0 Å². The normalized spacial score (nSPS) is 24.9. The number of rotatable bonds is 12. The molecule has 4 nitrogen and oxygen atoms in total. The van der Waals surface area contributed by atoms with Crippen LogP contribution in [0.5, 0.6) is 0 Å². The van der Waals surface area contributed by atoms with Crippen molar-refractivity contribution in [1.29, 1.82) is 0 Å². The second kappa shape index (κ2) is 11.4. The Labute approximate surface area is 162 Å². The van der Waals surface area contributed by atoms with Gasteiger partial charge in [-0.1, -0.05) is 57.9 Å². The number of aliphatic hydroxyl groups excluding tert-OH is 1. The molecule has 1 rings (SSSR count). The molecular formula is C22H35FO4. The molecule has 1 saturated carbocycles. The summed E-state index contributed by atoms with van der Waals surface area (Å²) >= 11 is 0. The first-order chi connectivity index (χ1) is 12.7. The molecule has 0 radical (unpaired) electrons. The summed E-state index contributed by atoms with van der Waals surface area (Å²) in [6.45, 7) is 6.11. The third-order valence-corrected chi connectivity index (χ3v) is 5.51. The molecule has 27 heavy (non-hydrogen) atoms. The molecule has 0 saturated heterocycles. The van der Waals surface area contributed by atoms with Gasteiger partial charge in [0.25, 0.3) is 0 Å². The summed E-state index contributed by atoms with van der Waals surface area (Å²) in [6, 6.07) is 0. The van der Waals surface area contributed by atoms with Crippen LogP contribution in [0.15, 0.2) is 24.3 Å². The molecule has 0 heterocycles. The topological polar surface area (TPSA) is 74.6 Å². The zero-order valence-corrected chi connectivity index (χ0v) is 16.9. The molecule has 0 amide bonds. The minimum absolute atomic E-state index is 0.0676. The summed E-state index contributed by atoms with van der Waals surface area (Å²) in [7, 11) is 0. The van der Waals surface area contributed by atoms with E-state index in [0.29, 0.717) is 19.3 Å². The number of alkyl halides is 1. The zero-order valence-electron chi connectivity index (χ0n) is 16.9. The Bertz CT molecular complexity index is 538. The molecule has 0 spiro atoms. The number of ketones is 1. The Hall–Kier alpha value is -1.49. The standard InChI is InChI=1S/C22H35FO4/c1-4-5-14-22(2,3)20(25)13-12-17-16(18(23)15-19(17)24)10-8-6-7-9-11-21(26)27/h6,8,12-13,16-18,20,25H,4-5,7,9-11,14-15H2,1-3H3,(H,26,27)/t16-,17-,18+,20-/m1/s1. The van der Waals surface area contributed by atoms with Crippen molar-refractivity contribution in [2.24, 2.45) is 17.3 Å². The summed E-state index contributed by atoms with van der Waals surface area (Å²) in [5, 5.41) is 19.1. The zero-order chi connectivity index (χ0) is 20.4. The van der Waals surface area contributed by atoms with Crippen LogP contribution in [0, 0.1) is 17.3 Å². The Kier molecular flexibility index (Phi) is 9.92. The van der Waals surface area contributed by atoms with E-state index in [1.807, 2.05) is 26.0 Å². The molecule has 0 aromatic carbocycles. The van der Waals surface area contributed by atoms with Gasteiger partial charge in [-0.15, -0.1) is 0 Å². The van der Waals surface area contributed by atoms with E-state index in [2.05, 4.69) is 6.92 Å². The van der Waals surface area contributed by atoms with Crippen molar-refractivity contribution in [2.45, 2.75) is 84.4 Å². The van der Waals surface area contributed by atoms with Crippen molar-refractivity contribution in [3.8, 4) is 0 Å². The Morgan fingerprint density at radius 2 is 2.04 bits per heavy atom. The minimum atomic E-state index is -1.17. The number of carboxylic acids is 1. The van der Waals surface area contributed by atoms with E-state index in [1.165, 1.54) is 0 Å². The molecule has 0 bridgehead atoms. The van der Waals surface area contributed by atoms with Crippen LogP contribution in [0.4, 0.5) is 4.39 Å². The number of carbonyl (C=O) groups excluding carboxylic acids is 1. The molecule has 0 aromatic heterocycles. The number of allylic oxidation sites excluding steroid dienone is 3. The second-order valence-corrected chi connectivity index (χ2v) is 8.29. The van der Waals surface area contributed by atoms with E-state index in [4.69, 9.17) is 5.11 Å². The fourth-order valence-corrected chi connectivity index (χ4v) is 3.50. The molecule has 0 unspecified atom stereocenters. The lowest BCUT2D eigenvalue weighted by atomic mass is 9.80. The molecular weight excluding hydrogens is 347 g/mol. The monoisotopic (exact) mass is 382 g/mol. The number of hydrogen-bond acceptors (Lipinski definition) is 3. The van der Waals surface area contributed by atoms with Crippen molar-refractivity contribution in [3.05, 3.63) is 24.3 Å². The van der Waals surface area contributed by atoms with Gasteiger partial charge in [-0.3, -0.25) is 9.59 Å². The average molecular weight is 383 g/mol. The third-order valence-electron chi connectivity index (χ3n) is 5.51. The summed E-state index contributed by atoms with van der Waals surface area (Å²) in [5.74, 6) is -1.84. The number of Topliss-reactive ketones (excluding diaryl/α,β-unsaturated/α-hetero) is 1. The average Bonchev–Trinajstić information content (AvgIpc) is 2.86. The maximum absolute atomic E-state index is 14.3. The highest BCUT2D eigenvalue weighted by Gasteiger charge is 2.40. The third kappa shape index (κ3) is 7.96. The Morgan fingerprint density at radius 1 is 1.33 bits per heavy atom. The number of aliphatic carboxylic acids is 1. The number of carboxylic acid groups (broad SMARTS) is 1. The Balaban J connectivity index is 2.63. The van der Waals surface area contributed by atoms with Crippen LogP contribution in [0.3, 0.4) is 0 Å².